The third kappa shape index (κ3) is 3.53. The van der Waals surface area contributed by atoms with Crippen molar-refractivity contribution in [2.75, 3.05) is 26.2 Å². The lowest BCUT2D eigenvalue weighted by Gasteiger charge is -2.33. The lowest BCUT2D eigenvalue weighted by Crippen LogP contribution is -2.48. The molecule has 0 radical (unpaired) electrons. The molecule has 0 amide bonds. The summed E-state index contributed by atoms with van der Waals surface area (Å²) in [7, 11) is -3.45. The Morgan fingerprint density at radius 1 is 1.08 bits per heavy atom. The van der Waals surface area contributed by atoms with Gasteiger partial charge in [-0.1, -0.05) is 30.3 Å². The number of hydrogen-bond donors (Lipinski definition) is 0. The average Bonchev–Trinajstić information content (AvgIpc) is 2.98. The van der Waals surface area contributed by atoms with Crippen LogP contribution in [0.15, 0.2) is 41.4 Å². The second-order valence-corrected chi connectivity index (χ2v) is 8.01. The van der Waals surface area contributed by atoms with E-state index in [-0.39, 0.29) is 0 Å². The summed E-state index contributed by atoms with van der Waals surface area (Å²) in [5.41, 5.74) is 1.83. The van der Waals surface area contributed by atoms with E-state index in [4.69, 9.17) is 0 Å². The Morgan fingerprint density at radius 3 is 2.33 bits per heavy atom. The second kappa shape index (κ2) is 7.04. The van der Waals surface area contributed by atoms with Crippen LogP contribution in [0, 0.1) is 6.92 Å². The fourth-order valence-corrected chi connectivity index (χ4v) is 4.61. The highest BCUT2D eigenvalue weighted by molar-refractivity contribution is 7.89. The summed E-state index contributed by atoms with van der Waals surface area (Å²) in [5.74, 6) is 0. The molecule has 1 saturated heterocycles. The normalized spacial score (nSPS) is 17.2. The van der Waals surface area contributed by atoms with Crippen LogP contribution < -0.4 is 0 Å². The van der Waals surface area contributed by atoms with E-state index >= 15 is 0 Å². The highest BCUT2D eigenvalue weighted by atomic mass is 32.2. The summed E-state index contributed by atoms with van der Waals surface area (Å²) in [6.07, 6.45) is 1.64. The number of aryl methyl sites for hydroxylation is 2. The molecule has 1 aliphatic heterocycles. The van der Waals surface area contributed by atoms with E-state index in [1.54, 1.807) is 22.1 Å². The molecule has 0 spiro atoms. The molecule has 0 unspecified atom stereocenters. The zero-order valence-electron chi connectivity index (χ0n) is 14.2. The number of piperazine rings is 1. The smallest absolute Gasteiger partial charge is 0.246 e. The van der Waals surface area contributed by atoms with E-state index in [1.807, 2.05) is 25.1 Å². The topological polar surface area (TPSA) is 58.4 Å². The summed E-state index contributed by atoms with van der Waals surface area (Å²) in [4.78, 5) is 2.63. The van der Waals surface area contributed by atoms with Gasteiger partial charge in [-0.2, -0.15) is 9.40 Å². The van der Waals surface area contributed by atoms with Crippen molar-refractivity contribution in [1.82, 2.24) is 19.0 Å². The van der Waals surface area contributed by atoms with E-state index in [0.717, 1.165) is 19.6 Å². The standard InChI is InChI=1S/C17H24N4O2S/c1-3-20-14-17(15(2)18-20)24(22,23)21-11-9-19(10-12-21)13-16-7-5-4-6-8-16/h4-8,14H,3,9-13H2,1-2H3. The quantitative estimate of drug-likeness (QED) is 0.825. The molecule has 0 saturated carbocycles. The summed E-state index contributed by atoms with van der Waals surface area (Å²) >= 11 is 0. The predicted octanol–water partition coefficient (Wildman–Crippen LogP) is 1.72. The lowest BCUT2D eigenvalue weighted by molar-refractivity contribution is 0.181. The highest BCUT2D eigenvalue weighted by Gasteiger charge is 2.31. The highest BCUT2D eigenvalue weighted by Crippen LogP contribution is 2.21. The van der Waals surface area contributed by atoms with Gasteiger partial charge in [-0.15, -0.1) is 0 Å². The van der Waals surface area contributed by atoms with Gasteiger partial charge in [0.25, 0.3) is 0 Å². The Labute approximate surface area is 143 Å². The van der Waals surface area contributed by atoms with Crippen LogP contribution >= 0.6 is 0 Å². The van der Waals surface area contributed by atoms with Gasteiger partial charge in [0.1, 0.15) is 4.90 Å². The van der Waals surface area contributed by atoms with Crippen LogP contribution in [0.4, 0.5) is 0 Å². The zero-order valence-corrected chi connectivity index (χ0v) is 15.0. The van der Waals surface area contributed by atoms with Gasteiger partial charge in [0.05, 0.1) is 5.69 Å². The lowest BCUT2D eigenvalue weighted by atomic mass is 10.2. The van der Waals surface area contributed by atoms with Crippen molar-refractivity contribution >= 4 is 10.0 Å². The van der Waals surface area contributed by atoms with Crippen molar-refractivity contribution in [3.8, 4) is 0 Å². The molecular formula is C17H24N4O2S. The van der Waals surface area contributed by atoms with Gasteiger partial charge < -0.3 is 0 Å². The first-order valence-corrected chi connectivity index (χ1v) is 9.75. The molecule has 2 heterocycles. The van der Waals surface area contributed by atoms with Crippen molar-refractivity contribution in [2.45, 2.75) is 31.8 Å². The predicted molar refractivity (Wildman–Crippen MR) is 93.1 cm³/mol. The third-order valence-corrected chi connectivity index (χ3v) is 6.43. The van der Waals surface area contributed by atoms with Crippen LogP contribution in [0.25, 0.3) is 0 Å². The molecule has 24 heavy (non-hydrogen) atoms. The minimum absolute atomic E-state index is 0.334. The van der Waals surface area contributed by atoms with Crippen LogP contribution in [-0.4, -0.2) is 53.6 Å². The largest absolute Gasteiger partial charge is 0.296 e. The molecule has 0 N–H and O–H groups in total. The van der Waals surface area contributed by atoms with E-state index in [9.17, 15) is 8.42 Å². The molecule has 1 aromatic carbocycles. The minimum Gasteiger partial charge on any atom is -0.296 e. The molecule has 0 aliphatic carbocycles. The maximum Gasteiger partial charge on any atom is 0.246 e. The van der Waals surface area contributed by atoms with Crippen molar-refractivity contribution < 1.29 is 8.42 Å². The number of aromatic nitrogens is 2. The zero-order chi connectivity index (χ0) is 17.2. The van der Waals surface area contributed by atoms with Crippen LogP contribution in [0.3, 0.4) is 0 Å². The fourth-order valence-electron chi connectivity index (χ4n) is 3.02. The van der Waals surface area contributed by atoms with E-state index < -0.39 is 10.0 Å². The van der Waals surface area contributed by atoms with Crippen molar-refractivity contribution in [3.05, 3.63) is 47.8 Å². The first kappa shape index (κ1) is 17.1. The van der Waals surface area contributed by atoms with Crippen LogP contribution in [0.1, 0.15) is 18.2 Å². The van der Waals surface area contributed by atoms with Crippen LogP contribution in [0.5, 0.6) is 0 Å². The number of benzene rings is 1. The fraction of sp³-hybridized carbons (Fsp3) is 0.471. The summed E-state index contributed by atoms with van der Waals surface area (Å²) in [6.45, 7) is 7.76. The molecule has 2 aromatic rings. The summed E-state index contributed by atoms with van der Waals surface area (Å²) in [5, 5.41) is 4.26. The van der Waals surface area contributed by atoms with Gasteiger partial charge in [-0.3, -0.25) is 9.58 Å². The molecular weight excluding hydrogens is 324 g/mol. The Kier molecular flexibility index (Phi) is 5.03. The Balaban J connectivity index is 1.66. The average molecular weight is 348 g/mol. The third-order valence-electron chi connectivity index (χ3n) is 4.42. The van der Waals surface area contributed by atoms with Crippen molar-refractivity contribution in [2.24, 2.45) is 0 Å². The SMILES string of the molecule is CCn1cc(S(=O)(=O)N2CCN(Cc3ccccc3)CC2)c(C)n1. The molecule has 1 fully saturated rings. The molecule has 1 aromatic heterocycles. The van der Waals surface area contributed by atoms with Crippen molar-refractivity contribution in [1.29, 1.82) is 0 Å². The molecule has 1 aliphatic rings. The van der Waals surface area contributed by atoms with E-state index in [2.05, 4.69) is 22.1 Å². The van der Waals surface area contributed by atoms with Crippen LogP contribution in [-0.2, 0) is 23.1 Å². The van der Waals surface area contributed by atoms with Crippen LogP contribution in [0.2, 0.25) is 0 Å². The van der Waals surface area contributed by atoms with Gasteiger partial charge in [-0.05, 0) is 19.4 Å². The Hall–Kier alpha value is -1.70. The Morgan fingerprint density at radius 2 is 1.75 bits per heavy atom. The molecule has 3 rings (SSSR count). The number of nitrogens with zero attached hydrogens (tertiary/aromatic N) is 4. The minimum atomic E-state index is -3.45. The molecule has 0 bridgehead atoms. The first-order valence-electron chi connectivity index (χ1n) is 8.31. The van der Waals surface area contributed by atoms with E-state index in [0.29, 0.717) is 30.2 Å². The van der Waals surface area contributed by atoms with Gasteiger partial charge >= 0.3 is 0 Å². The number of rotatable bonds is 5. The van der Waals surface area contributed by atoms with Gasteiger partial charge in [-0.25, -0.2) is 8.42 Å². The van der Waals surface area contributed by atoms with Gasteiger partial charge in [0, 0.05) is 45.5 Å². The number of sulfonamides is 1. The Bertz CT molecular complexity index is 778. The molecule has 0 atom stereocenters. The number of hydrogen-bond acceptors (Lipinski definition) is 4. The second-order valence-electron chi connectivity index (χ2n) is 6.10. The molecule has 7 heteroatoms. The monoisotopic (exact) mass is 348 g/mol. The first-order chi connectivity index (χ1) is 11.5. The maximum absolute atomic E-state index is 12.9. The molecule has 6 nitrogen and oxygen atoms in total. The maximum atomic E-state index is 12.9. The van der Waals surface area contributed by atoms with E-state index in [1.165, 1.54) is 5.56 Å². The van der Waals surface area contributed by atoms with Gasteiger partial charge in [0.15, 0.2) is 0 Å². The summed E-state index contributed by atoms with van der Waals surface area (Å²) < 4.78 is 29.0. The molecule has 130 valence electrons. The van der Waals surface area contributed by atoms with Gasteiger partial charge in [0.2, 0.25) is 10.0 Å². The van der Waals surface area contributed by atoms with Crippen molar-refractivity contribution in [3.63, 3.8) is 0 Å². The summed E-state index contributed by atoms with van der Waals surface area (Å²) in [6, 6.07) is 10.3.